The molecule has 98 valence electrons. The molecule has 1 aromatic carbocycles. The van der Waals surface area contributed by atoms with E-state index in [2.05, 4.69) is 0 Å². The van der Waals surface area contributed by atoms with Crippen molar-refractivity contribution in [3.63, 3.8) is 0 Å². The largest absolute Gasteiger partial charge is 0.485 e. The second-order valence-corrected chi connectivity index (χ2v) is 3.90. The van der Waals surface area contributed by atoms with E-state index in [1.807, 2.05) is 19.0 Å². The summed E-state index contributed by atoms with van der Waals surface area (Å²) < 4.78 is 5.27. The first-order valence-electron chi connectivity index (χ1n) is 5.21. The van der Waals surface area contributed by atoms with E-state index >= 15 is 0 Å². The maximum absolute atomic E-state index is 10.8. The molecule has 0 amide bonds. The Labute approximate surface area is 104 Å². The molecule has 0 unspecified atom stereocenters. The summed E-state index contributed by atoms with van der Waals surface area (Å²) in [5.41, 5.74) is -0.477. The van der Waals surface area contributed by atoms with Crippen LogP contribution in [0.5, 0.6) is 5.75 Å². The molecular weight excluding hydrogens is 240 g/mol. The van der Waals surface area contributed by atoms with Gasteiger partial charge in [0.25, 0.3) is 0 Å². The van der Waals surface area contributed by atoms with Crippen LogP contribution < -0.4 is 4.74 Å². The minimum absolute atomic E-state index is 0.0758. The fourth-order valence-corrected chi connectivity index (χ4v) is 1.25. The molecule has 0 saturated heterocycles. The number of carboxylic acid groups (broad SMARTS) is 1. The quantitative estimate of drug-likeness (QED) is 0.606. The fourth-order valence-electron chi connectivity index (χ4n) is 1.25. The van der Waals surface area contributed by atoms with Crippen LogP contribution in [-0.4, -0.2) is 48.1 Å². The highest BCUT2D eigenvalue weighted by Crippen LogP contribution is 2.27. The second kappa shape index (κ2) is 5.97. The zero-order valence-corrected chi connectivity index (χ0v) is 10.1. The number of benzene rings is 1. The van der Waals surface area contributed by atoms with Crippen LogP contribution in [0.25, 0.3) is 0 Å². The van der Waals surface area contributed by atoms with E-state index in [-0.39, 0.29) is 17.0 Å². The molecule has 7 heteroatoms. The Bertz CT molecular complexity index is 459. The maximum atomic E-state index is 10.8. The van der Waals surface area contributed by atoms with E-state index in [0.717, 1.165) is 6.07 Å². The average Bonchev–Trinajstić information content (AvgIpc) is 2.28. The Morgan fingerprint density at radius 2 is 2.17 bits per heavy atom. The van der Waals surface area contributed by atoms with Crippen LogP contribution in [-0.2, 0) is 0 Å². The van der Waals surface area contributed by atoms with Gasteiger partial charge in [-0.1, -0.05) is 0 Å². The summed E-state index contributed by atoms with van der Waals surface area (Å²) in [5, 5.41) is 19.6. The lowest BCUT2D eigenvalue weighted by Crippen LogP contribution is -2.19. The van der Waals surface area contributed by atoms with Crippen molar-refractivity contribution in [2.45, 2.75) is 0 Å². The molecule has 0 radical (unpaired) electrons. The smallest absolute Gasteiger partial charge is 0.335 e. The summed E-state index contributed by atoms with van der Waals surface area (Å²) in [6.07, 6.45) is 0. The van der Waals surface area contributed by atoms with E-state index in [9.17, 15) is 14.9 Å². The van der Waals surface area contributed by atoms with E-state index in [1.165, 1.54) is 12.1 Å². The Balaban J connectivity index is 2.90. The lowest BCUT2D eigenvalue weighted by Gasteiger charge is -2.11. The van der Waals surface area contributed by atoms with Crippen LogP contribution in [0.3, 0.4) is 0 Å². The first kappa shape index (κ1) is 13.9. The molecule has 0 atom stereocenters. The van der Waals surface area contributed by atoms with Gasteiger partial charge >= 0.3 is 11.7 Å². The third-order valence-electron chi connectivity index (χ3n) is 2.20. The normalized spacial score (nSPS) is 10.4. The lowest BCUT2D eigenvalue weighted by molar-refractivity contribution is -0.385. The molecule has 0 aliphatic heterocycles. The van der Waals surface area contributed by atoms with Crippen molar-refractivity contribution in [1.82, 2.24) is 4.90 Å². The van der Waals surface area contributed by atoms with Gasteiger partial charge in [-0.05, 0) is 26.2 Å². The van der Waals surface area contributed by atoms with Crippen molar-refractivity contribution in [1.29, 1.82) is 0 Å². The summed E-state index contributed by atoms with van der Waals surface area (Å²) in [7, 11) is 3.70. The third-order valence-corrected chi connectivity index (χ3v) is 2.20. The number of aromatic carboxylic acids is 1. The number of hydrogen-bond donors (Lipinski definition) is 1. The molecule has 0 aromatic heterocycles. The van der Waals surface area contributed by atoms with Gasteiger partial charge in [0.1, 0.15) is 6.61 Å². The first-order valence-corrected chi connectivity index (χ1v) is 5.21. The third kappa shape index (κ3) is 3.70. The number of hydrogen-bond acceptors (Lipinski definition) is 5. The van der Waals surface area contributed by atoms with Gasteiger partial charge in [0, 0.05) is 12.6 Å². The molecule has 7 nitrogen and oxygen atoms in total. The van der Waals surface area contributed by atoms with Gasteiger partial charge in [0.05, 0.1) is 10.5 Å². The van der Waals surface area contributed by atoms with Crippen molar-refractivity contribution >= 4 is 11.7 Å². The fraction of sp³-hybridized carbons (Fsp3) is 0.364. The molecule has 0 aliphatic carbocycles. The van der Waals surface area contributed by atoms with E-state index in [4.69, 9.17) is 9.84 Å². The van der Waals surface area contributed by atoms with Crippen molar-refractivity contribution in [2.75, 3.05) is 27.2 Å². The molecule has 0 heterocycles. The van der Waals surface area contributed by atoms with Crippen LogP contribution in [0.2, 0.25) is 0 Å². The van der Waals surface area contributed by atoms with E-state index in [1.54, 1.807) is 0 Å². The molecular formula is C11H14N2O5. The molecule has 1 aromatic rings. The minimum atomic E-state index is -1.21. The predicted octanol–water partition coefficient (Wildman–Crippen LogP) is 1.23. The zero-order chi connectivity index (χ0) is 13.7. The van der Waals surface area contributed by atoms with Gasteiger partial charge in [-0.2, -0.15) is 0 Å². The Morgan fingerprint density at radius 1 is 1.50 bits per heavy atom. The minimum Gasteiger partial charge on any atom is -0.485 e. The summed E-state index contributed by atoms with van der Waals surface area (Å²) in [6.45, 7) is 0.901. The maximum Gasteiger partial charge on any atom is 0.335 e. The Hall–Kier alpha value is -2.15. The highest BCUT2D eigenvalue weighted by atomic mass is 16.6. The second-order valence-electron chi connectivity index (χ2n) is 3.90. The number of nitro groups is 1. The van der Waals surface area contributed by atoms with Crippen molar-refractivity contribution < 1.29 is 19.6 Å². The standard InChI is InChI=1S/C11H14N2O5/c1-12(2)5-6-18-10-4-3-8(11(14)15)7-9(10)13(16)17/h3-4,7H,5-6H2,1-2H3,(H,14,15). The van der Waals surface area contributed by atoms with Gasteiger partial charge < -0.3 is 14.7 Å². The van der Waals surface area contributed by atoms with Crippen LogP contribution in [0.4, 0.5) is 5.69 Å². The number of nitro benzene ring substituents is 1. The van der Waals surface area contributed by atoms with Crippen molar-refractivity contribution in [2.24, 2.45) is 0 Å². The van der Waals surface area contributed by atoms with E-state index in [0.29, 0.717) is 13.2 Å². The highest BCUT2D eigenvalue weighted by molar-refractivity contribution is 5.88. The summed E-state index contributed by atoms with van der Waals surface area (Å²) in [5.74, 6) is -1.13. The van der Waals surface area contributed by atoms with Crippen LogP contribution in [0, 0.1) is 10.1 Å². The lowest BCUT2D eigenvalue weighted by atomic mass is 10.2. The zero-order valence-electron chi connectivity index (χ0n) is 10.1. The molecule has 0 bridgehead atoms. The van der Waals surface area contributed by atoms with Gasteiger partial charge in [-0.15, -0.1) is 0 Å². The van der Waals surface area contributed by atoms with Crippen molar-refractivity contribution in [3.05, 3.63) is 33.9 Å². The SMILES string of the molecule is CN(C)CCOc1ccc(C(=O)O)cc1[N+](=O)[O-]. The predicted molar refractivity (Wildman–Crippen MR) is 64.1 cm³/mol. The molecule has 18 heavy (non-hydrogen) atoms. The van der Waals surface area contributed by atoms with Crippen LogP contribution in [0.15, 0.2) is 18.2 Å². The Morgan fingerprint density at radius 3 is 2.67 bits per heavy atom. The molecule has 1 rings (SSSR count). The number of nitrogens with zero attached hydrogens (tertiary/aromatic N) is 2. The average molecular weight is 254 g/mol. The molecule has 0 fully saturated rings. The topological polar surface area (TPSA) is 92.9 Å². The van der Waals surface area contributed by atoms with Crippen LogP contribution >= 0.6 is 0 Å². The summed E-state index contributed by atoms with van der Waals surface area (Å²) in [6, 6.07) is 3.57. The first-order chi connectivity index (χ1) is 8.41. The molecule has 0 spiro atoms. The van der Waals surface area contributed by atoms with Gasteiger partial charge in [0.2, 0.25) is 0 Å². The summed E-state index contributed by atoms with van der Waals surface area (Å²) >= 11 is 0. The highest BCUT2D eigenvalue weighted by Gasteiger charge is 2.18. The number of carbonyl (C=O) groups is 1. The molecule has 0 saturated carbocycles. The van der Waals surface area contributed by atoms with Gasteiger partial charge in [-0.25, -0.2) is 4.79 Å². The number of ether oxygens (including phenoxy) is 1. The summed E-state index contributed by atoms with van der Waals surface area (Å²) in [4.78, 5) is 22.8. The number of likely N-dealkylation sites (N-methyl/N-ethyl adjacent to an activating group) is 1. The molecule has 1 N–H and O–H groups in total. The van der Waals surface area contributed by atoms with Gasteiger partial charge in [-0.3, -0.25) is 10.1 Å². The van der Waals surface area contributed by atoms with E-state index < -0.39 is 10.9 Å². The molecule has 0 aliphatic rings. The van der Waals surface area contributed by atoms with Crippen molar-refractivity contribution in [3.8, 4) is 5.75 Å². The number of rotatable bonds is 6. The monoisotopic (exact) mass is 254 g/mol. The van der Waals surface area contributed by atoms with Gasteiger partial charge in [0.15, 0.2) is 5.75 Å². The number of carboxylic acids is 1. The Kier molecular flexibility index (Phi) is 4.61. The van der Waals surface area contributed by atoms with Crippen LogP contribution in [0.1, 0.15) is 10.4 Å².